The van der Waals surface area contributed by atoms with Crippen molar-refractivity contribution < 1.29 is 14.6 Å². The van der Waals surface area contributed by atoms with E-state index >= 15 is 0 Å². The van der Waals surface area contributed by atoms with Crippen LogP contribution in [0.15, 0.2) is 42.7 Å². The number of nitrogens with one attached hydrogen (secondary N) is 1. The third-order valence-corrected chi connectivity index (χ3v) is 5.48. The summed E-state index contributed by atoms with van der Waals surface area (Å²) in [5, 5.41) is 19.0. The van der Waals surface area contributed by atoms with Crippen LogP contribution in [0.1, 0.15) is 18.9 Å². The van der Waals surface area contributed by atoms with Crippen molar-refractivity contribution in [1.82, 2.24) is 15.1 Å². The highest BCUT2D eigenvalue weighted by molar-refractivity contribution is 5.61. The van der Waals surface area contributed by atoms with E-state index in [4.69, 9.17) is 9.47 Å². The Morgan fingerprint density at radius 3 is 2.84 bits per heavy atom. The number of aliphatic hydroxyl groups is 1. The van der Waals surface area contributed by atoms with Crippen LogP contribution in [0.3, 0.4) is 0 Å². The van der Waals surface area contributed by atoms with Crippen LogP contribution in [0.5, 0.6) is 0 Å². The molecular formula is C19H23N3O3. The van der Waals surface area contributed by atoms with Crippen LogP contribution in [0.2, 0.25) is 0 Å². The Hall–Kier alpha value is -1.73. The van der Waals surface area contributed by atoms with Gasteiger partial charge in [0.1, 0.15) is 12.1 Å². The fourth-order valence-electron chi connectivity index (χ4n) is 3.84. The van der Waals surface area contributed by atoms with Gasteiger partial charge in [-0.05, 0) is 30.9 Å². The lowest BCUT2D eigenvalue weighted by atomic mass is 9.96. The first-order valence-electron chi connectivity index (χ1n) is 9.08. The highest BCUT2D eigenvalue weighted by Gasteiger charge is 2.51. The van der Waals surface area contributed by atoms with Crippen LogP contribution < -0.4 is 5.32 Å². The summed E-state index contributed by atoms with van der Waals surface area (Å²) in [5.74, 6) is 0.750. The van der Waals surface area contributed by atoms with Crippen molar-refractivity contribution in [2.45, 2.75) is 43.4 Å². The van der Waals surface area contributed by atoms with Crippen molar-refractivity contribution in [2.75, 3.05) is 13.2 Å². The molecular weight excluding hydrogens is 318 g/mol. The third-order valence-electron chi connectivity index (χ3n) is 5.48. The smallest absolute Gasteiger partial charge is 0.183 e. The average molecular weight is 341 g/mol. The predicted molar refractivity (Wildman–Crippen MR) is 91.8 cm³/mol. The number of hydrogen-bond donors (Lipinski definition) is 2. The molecule has 132 valence electrons. The lowest BCUT2D eigenvalue weighted by Gasteiger charge is -2.38. The summed E-state index contributed by atoms with van der Waals surface area (Å²) in [7, 11) is 0. The van der Waals surface area contributed by atoms with E-state index in [9.17, 15) is 5.11 Å². The monoisotopic (exact) mass is 341 g/mol. The molecule has 0 spiro atoms. The molecule has 1 saturated carbocycles. The summed E-state index contributed by atoms with van der Waals surface area (Å²) in [5.41, 5.74) is 2.13. The Morgan fingerprint density at radius 1 is 1.20 bits per heavy atom. The molecule has 0 amide bonds. The van der Waals surface area contributed by atoms with Gasteiger partial charge in [0.15, 0.2) is 6.29 Å². The van der Waals surface area contributed by atoms with Gasteiger partial charge in [-0.2, -0.15) is 5.10 Å². The van der Waals surface area contributed by atoms with E-state index in [0.29, 0.717) is 6.61 Å². The van der Waals surface area contributed by atoms with E-state index in [1.54, 1.807) is 4.68 Å². The van der Waals surface area contributed by atoms with Crippen LogP contribution in [0.4, 0.5) is 0 Å². The average Bonchev–Trinajstić information content (AvgIpc) is 3.17. The van der Waals surface area contributed by atoms with Crippen molar-refractivity contribution in [3.05, 3.63) is 42.7 Å². The molecule has 2 bridgehead atoms. The lowest BCUT2D eigenvalue weighted by molar-refractivity contribution is -0.168. The number of aliphatic hydroxyl groups excluding tert-OH is 1. The van der Waals surface area contributed by atoms with Gasteiger partial charge in [0.05, 0.1) is 24.9 Å². The number of aromatic nitrogens is 2. The van der Waals surface area contributed by atoms with Crippen molar-refractivity contribution in [3.8, 4) is 11.1 Å². The Morgan fingerprint density at radius 2 is 2.04 bits per heavy atom. The molecule has 1 aliphatic carbocycles. The second-order valence-corrected chi connectivity index (χ2v) is 7.31. The number of ether oxygens (including phenoxy) is 2. The minimum Gasteiger partial charge on any atom is -0.389 e. The molecule has 3 heterocycles. The van der Waals surface area contributed by atoms with Crippen LogP contribution in [0, 0.1) is 5.92 Å². The molecule has 1 aromatic heterocycles. The van der Waals surface area contributed by atoms with Crippen LogP contribution in [-0.4, -0.2) is 52.6 Å². The van der Waals surface area contributed by atoms with Gasteiger partial charge in [0.2, 0.25) is 0 Å². The van der Waals surface area contributed by atoms with E-state index in [0.717, 1.165) is 23.6 Å². The van der Waals surface area contributed by atoms with Crippen molar-refractivity contribution >= 4 is 0 Å². The first kappa shape index (κ1) is 15.5. The molecule has 25 heavy (non-hydrogen) atoms. The maximum Gasteiger partial charge on any atom is 0.183 e. The molecule has 3 aliphatic rings. The maximum atomic E-state index is 11.0. The molecule has 1 aromatic carbocycles. The molecule has 5 rings (SSSR count). The van der Waals surface area contributed by atoms with Crippen molar-refractivity contribution in [2.24, 2.45) is 5.92 Å². The quantitative estimate of drug-likeness (QED) is 0.864. The van der Waals surface area contributed by atoms with E-state index in [1.165, 1.54) is 12.8 Å². The number of hydrogen-bond acceptors (Lipinski definition) is 5. The van der Waals surface area contributed by atoms with Gasteiger partial charge in [0.25, 0.3) is 0 Å². The fourth-order valence-corrected chi connectivity index (χ4v) is 3.84. The maximum absolute atomic E-state index is 11.0. The lowest BCUT2D eigenvalue weighted by Crippen LogP contribution is -2.58. The molecule has 2 N–H and O–H groups in total. The minimum absolute atomic E-state index is 0.0841. The van der Waals surface area contributed by atoms with Gasteiger partial charge in [-0.3, -0.25) is 4.68 Å². The molecule has 2 aliphatic heterocycles. The SMILES string of the molecule is O[C@H]1[C@H](NCC2CC2)[C@H]2CO[C@H](O2)[C@@H]1n1cc(-c2ccccc2)cn1. The molecule has 2 saturated heterocycles. The predicted octanol–water partition coefficient (Wildman–Crippen LogP) is 1.58. The number of benzene rings is 1. The molecule has 0 unspecified atom stereocenters. The fraction of sp³-hybridized carbons (Fsp3) is 0.526. The van der Waals surface area contributed by atoms with Gasteiger partial charge in [-0.25, -0.2) is 0 Å². The molecule has 0 radical (unpaired) electrons. The van der Waals surface area contributed by atoms with E-state index in [-0.39, 0.29) is 18.2 Å². The van der Waals surface area contributed by atoms with Gasteiger partial charge in [-0.1, -0.05) is 30.3 Å². The summed E-state index contributed by atoms with van der Waals surface area (Å²) in [4.78, 5) is 0. The standard InChI is InChI=1S/C19H23N3O3/c23-18-16(20-8-12-6-7-12)15-11-24-19(25-15)17(18)22-10-14(9-21-22)13-4-2-1-3-5-13/h1-5,9-10,12,15-20,23H,6-8,11H2/t15-,16-,17-,18+,19-/m1/s1. The van der Waals surface area contributed by atoms with Crippen molar-refractivity contribution in [3.63, 3.8) is 0 Å². The molecule has 3 fully saturated rings. The summed E-state index contributed by atoms with van der Waals surface area (Å²) in [6.45, 7) is 1.46. The highest BCUT2D eigenvalue weighted by atomic mass is 16.7. The van der Waals surface area contributed by atoms with Gasteiger partial charge in [0, 0.05) is 11.8 Å². The minimum atomic E-state index is -0.589. The van der Waals surface area contributed by atoms with Gasteiger partial charge in [-0.15, -0.1) is 0 Å². The normalized spacial score (nSPS) is 34.4. The zero-order valence-corrected chi connectivity index (χ0v) is 14.0. The van der Waals surface area contributed by atoms with Crippen LogP contribution >= 0.6 is 0 Å². The molecule has 6 heteroatoms. The number of nitrogens with zero attached hydrogens (tertiary/aromatic N) is 2. The summed E-state index contributed by atoms with van der Waals surface area (Å²) in [6, 6.07) is 9.66. The molecule has 5 atom stereocenters. The Kier molecular flexibility index (Phi) is 3.86. The molecule has 6 nitrogen and oxygen atoms in total. The second kappa shape index (κ2) is 6.21. The summed E-state index contributed by atoms with van der Waals surface area (Å²) < 4.78 is 13.6. The van der Waals surface area contributed by atoms with E-state index in [1.807, 2.05) is 30.6 Å². The Labute approximate surface area is 146 Å². The van der Waals surface area contributed by atoms with Crippen LogP contribution in [-0.2, 0) is 9.47 Å². The zero-order valence-electron chi connectivity index (χ0n) is 14.0. The molecule has 2 aromatic rings. The number of rotatable bonds is 5. The first-order chi connectivity index (χ1) is 12.3. The summed E-state index contributed by atoms with van der Waals surface area (Å²) >= 11 is 0. The summed E-state index contributed by atoms with van der Waals surface area (Å²) in [6.07, 6.45) is 5.24. The zero-order chi connectivity index (χ0) is 16.8. The van der Waals surface area contributed by atoms with Crippen LogP contribution in [0.25, 0.3) is 11.1 Å². The largest absolute Gasteiger partial charge is 0.389 e. The van der Waals surface area contributed by atoms with Gasteiger partial charge < -0.3 is 19.9 Å². The first-order valence-corrected chi connectivity index (χ1v) is 9.08. The van der Waals surface area contributed by atoms with E-state index < -0.39 is 12.4 Å². The van der Waals surface area contributed by atoms with Gasteiger partial charge >= 0.3 is 0 Å². The topological polar surface area (TPSA) is 68.5 Å². The van der Waals surface area contributed by atoms with E-state index in [2.05, 4.69) is 22.5 Å². The third kappa shape index (κ3) is 2.89. The Balaban J connectivity index is 1.39. The highest BCUT2D eigenvalue weighted by Crippen LogP contribution is 2.37. The number of fused-ring (bicyclic) bond motifs is 2. The van der Waals surface area contributed by atoms with Crippen molar-refractivity contribution in [1.29, 1.82) is 0 Å². The Bertz CT molecular complexity index is 731. The second-order valence-electron chi connectivity index (χ2n) is 7.31.